The standard InChI is InChI=1S/C14H22ClNO2/c1-11(2)16-7-4-8-18-10-12-9-13(15)5-6-14(12)17-3/h5-6,9,11,16H,4,7-8,10H2,1-3H3. The maximum absolute atomic E-state index is 5.95. The van der Waals surface area contributed by atoms with Gasteiger partial charge in [-0.3, -0.25) is 0 Å². The molecule has 4 heteroatoms. The van der Waals surface area contributed by atoms with Crippen LogP contribution in [0.4, 0.5) is 0 Å². The van der Waals surface area contributed by atoms with E-state index in [1.165, 1.54) is 0 Å². The summed E-state index contributed by atoms with van der Waals surface area (Å²) in [6.45, 7) is 6.51. The van der Waals surface area contributed by atoms with Gasteiger partial charge >= 0.3 is 0 Å². The zero-order valence-electron chi connectivity index (χ0n) is 11.3. The maximum atomic E-state index is 5.95. The Kier molecular flexibility index (Phi) is 7.09. The molecule has 0 amide bonds. The number of hydrogen-bond donors (Lipinski definition) is 1. The average Bonchev–Trinajstić information content (AvgIpc) is 2.33. The van der Waals surface area contributed by atoms with Crippen LogP contribution in [0.3, 0.4) is 0 Å². The average molecular weight is 272 g/mol. The van der Waals surface area contributed by atoms with E-state index in [1.54, 1.807) is 7.11 Å². The van der Waals surface area contributed by atoms with Gasteiger partial charge < -0.3 is 14.8 Å². The van der Waals surface area contributed by atoms with Crippen LogP contribution in [0, 0.1) is 0 Å². The lowest BCUT2D eigenvalue weighted by atomic mass is 10.2. The molecule has 0 saturated carbocycles. The van der Waals surface area contributed by atoms with Gasteiger partial charge in [0.25, 0.3) is 0 Å². The number of hydrogen-bond acceptors (Lipinski definition) is 3. The minimum Gasteiger partial charge on any atom is -0.496 e. The molecule has 1 aromatic rings. The molecule has 0 atom stereocenters. The number of ether oxygens (including phenoxy) is 2. The molecule has 1 N–H and O–H groups in total. The Balaban J connectivity index is 2.28. The van der Waals surface area contributed by atoms with Gasteiger partial charge in [-0.15, -0.1) is 0 Å². The van der Waals surface area contributed by atoms with E-state index in [1.807, 2.05) is 18.2 Å². The Morgan fingerprint density at radius 2 is 2.11 bits per heavy atom. The third kappa shape index (κ3) is 5.71. The summed E-state index contributed by atoms with van der Waals surface area (Å²) in [7, 11) is 1.65. The van der Waals surface area contributed by atoms with E-state index in [0.29, 0.717) is 17.7 Å². The molecule has 0 heterocycles. The number of methoxy groups -OCH3 is 1. The highest BCUT2D eigenvalue weighted by Crippen LogP contribution is 2.23. The molecule has 3 nitrogen and oxygen atoms in total. The smallest absolute Gasteiger partial charge is 0.124 e. The Labute approximate surface area is 114 Å². The SMILES string of the molecule is COc1ccc(Cl)cc1COCCCNC(C)C. The molecule has 0 aliphatic heterocycles. The molecule has 0 aliphatic carbocycles. The number of nitrogens with one attached hydrogen (secondary N) is 1. The molecular weight excluding hydrogens is 250 g/mol. The Morgan fingerprint density at radius 1 is 1.33 bits per heavy atom. The summed E-state index contributed by atoms with van der Waals surface area (Å²) in [6.07, 6.45) is 1.00. The van der Waals surface area contributed by atoms with Crippen LogP contribution in [0.5, 0.6) is 5.75 Å². The molecular formula is C14H22ClNO2. The number of benzene rings is 1. The van der Waals surface area contributed by atoms with Crippen molar-refractivity contribution < 1.29 is 9.47 Å². The van der Waals surface area contributed by atoms with E-state index >= 15 is 0 Å². The van der Waals surface area contributed by atoms with Crippen LogP contribution in [0.2, 0.25) is 5.02 Å². The van der Waals surface area contributed by atoms with Gasteiger partial charge in [0.1, 0.15) is 5.75 Å². The molecule has 0 spiro atoms. The van der Waals surface area contributed by atoms with E-state index in [4.69, 9.17) is 21.1 Å². The molecule has 1 rings (SSSR count). The van der Waals surface area contributed by atoms with Gasteiger partial charge in [-0.25, -0.2) is 0 Å². The highest BCUT2D eigenvalue weighted by molar-refractivity contribution is 6.30. The molecule has 0 aliphatic rings. The summed E-state index contributed by atoms with van der Waals surface area (Å²) in [6, 6.07) is 6.09. The molecule has 0 radical (unpaired) electrons. The predicted octanol–water partition coefficient (Wildman–Crippen LogP) is 3.25. The molecule has 0 saturated heterocycles. The second kappa shape index (κ2) is 8.35. The molecule has 0 aromatic heterocycles. The minimum absolute atomic E-state index is 0.526. The van der Waals surface area contributed by atoms with Crippen molar-refractivity contribution in [2.45, 2.75) is 32.9 Å². The quantitative estimate of drug-likeness (QED) is 0.736. The van der Waals surface area contributed by atoms with Crippen molar-refractivity contribution in [1.82, 2.24) is 5.32 Å². The highest BCUT2D eigenvalue weighted by Gasteiger charge is 2.03. The second-order valence-electron chi connectivity index (χ2n) is 4.47. The van der Waals surface area contributed by atoms with Gasteiger partial charge in [0, 0.05) is 23.2 Å². The van der Waals surface area contributed by atoms with Crippen LogP contribution >= 0.6 is 11.6 Å². The molecule has 0 bridgehead atoms. The lowest BCUT2D eigenvalue weighted by Crippen LogP contribution is -2.24. The summed E-state index contributed by atoms with van der Waals surface area (Å²) >= 11 is 5.95. The summed E-state index contributed by atoms with van der Waals surface area (Å²) in [5.74, 6) is 0.819. The van der Waals surface area contributed by atoms with Crippen molar-refractivity contribution in [3.63, 3.8) is 0 Å². The van der Waals surface area contributed by atoms with Crippen LogP contribution in [0.1, 0.15) is 25.8 Å². The van der Waals surface area contributed by atoms with E-state index < -0.39 is 0 Å². The number of halogens is 1. The van der Waals surface area contributed by atoms with Crippen LogP contribution in [-0.2, 0) is 11.3 Å². The fraction of sp³-hybridized carbons (Fsp3) is 0.571. The first kappa shape index (κ1) is 15.3. The fourth-order valence-electron chi connectivity index (χ4n) is 1.61. The van der Waals surface area contributed by atoms with Crippen molar-refractivity contribution in [3.8, 4) is 5.75 Å². The lowest BCUT2D eigenvalue weighted by molar-refractivity contribution is 0.116. The molecule has 1 aromatic carbocycles. The monoisotopic (exact) mass is 271 g/mol. The van der Waals surface area contributed by atoms with Crippen molar-refractivity contribution >= 4 is 11.6 Å². The summed E-state index contributed by atoms with van der Waals surface area (Å²) in [5, 5.41) is 4.05. The van der Waals surface area contributed by atoms with E-state index in [9.17, 15) is 0 Å². The van der Waals surface area contributed by atoms with Crippen molar-refractivity contribution in [1.29, 1.82) is 0 Å². The van der Waals surface area contributed by atoms with Crippen molar-refractivity contribution in [3.05, 3.63) is 28.8 Å². The number of rotatable bonds is 8. The zero-order valence-corrected chi connectivity index (χ0v) is 12.1. The van der Waals surface area contributed by atoms with Crippen LogP contribution in [0.25, 0.3) is 0 Å². The Bertz CT molecular complexity index is 356. The highest BCUT2D eigenvalue weighted by atomic mass is 35.5. The largest absolute Gasteiger partial charge is 0.496 e. The van der Waals surface area contributed by atoms with Crippen molar-refractivity contribution in [2.24, 2.45) is 0 Å². The van der Waals surface area contributed by atoms with Gasteiger partial charge in [-0.05, 0) is 31.2 Å². The van der Waals surface area contributed by atoms with Crippen LogP contribution < -0.4 is 10.1 Å². The van der Waals surface area contributed by atoms with E-state index in [2.05, 4.69) is 19.2 Å². The van der Waals surface area contributed by atoms with Gasteiger partial charge in [-0.1, -0.05) is 25.4 Å². The van der Waals surface area contributed by atoms with Crippen LogP contribution in [0.15, 0.2) is 18.2 Å². The molecule has 0 unspecified atom stereocenters. The van der Waals surface area contributed by atoms with Crippen LogP contribution in [-0.4, -0.2) is 26.3 Å². The Hall–Kier alpha value is -0.770. The molecule has 102 valence electrons. The fourth-order valence-corrected chi connectivity index (χ4v) is 1.80. The topological polar surface area (TPSA) is 30.5 Å². The minimum atomic E-state index is 0.526. The predicted molar refractivity (Wildman–Crippen MR) is 75.4 cm³/mol. The van der Waals surface area contributed by atoms with E-state index in [-0.39, 0.29) is 0 Å². The summed E-state index contributed by atoms with van der Waals surface area (Å²) in [4.78, 5) is 0. The maximum Gasteiger partial charge on any atom is 0.124 e. The van der Waals surface area contributed by atoms with Gasteiger partial charge in [-0.2, -0.15) is 0 Å². The lowest BCUT2D eigenvalue weighted by Gasteiger charge is -2.10. The third-order valence-electron chi connectivity index (χ3n) is 2.52. The van der Waals surface area contributed by atoms with Gasteiger partial charge in [0.2, 0.25) is 0 Å². The molecule has 18 heavy (non-hydrogen) atoms. The first-order valence-corrected chi connectivity index (χ1v) is 6.65. The first-order chi connectivity index (χ1) is 8.63. The summed E-state index contributed by atoms with van der Waals surface area (Å²) < 4.78 is 10.9. The van der Waals surface area contributed by atoms with Gasteiger partial charge in [0.15, 0.2) is 0 Å². The van der Waals surface area contributed by atoms with E-state index in [0.717, 1.165) is 30.9 Å². The second-order valence-corrected chi connectivity index (χ2v) is 4.91. The van der Waals surface area contributed by atoms with Crippen molar-refractivity contribution in [2.75, 3.05) is 20.3 Å². The first-order valence-electron chi connectivity index (χ1n) is 6.27. The summed E-state index contributed by atoms with van der Waals surface area (Å²) in [5.41, 5.74) is 0.988. The third-order valence-corrected chi connectivity index (χ3v) is 2.75. The van der Waals surface area contributed by atoms with Gasteiger partial charge in [0.05, 0.1) is 13.7 Å². The Morgan fingerprint density at radius 3 is 2.78 bits per heavy atom. The molecule has 0 fully saturated rings. The zero-order chi connectivity index (χ0) is 13.4. The normalized spacial score (nSPS) is 10.9.